The summed E-state index contributed by atoms with van der Waals surface area (Å²) in [4.78, 5) is 11.8. The lowest BCUT2D eigenvalue weighted by molar-refractivity contribution is -0.121. The smallest absolute Gasteiger partial charge is 0.220 e. The van der Waals surface area contributed by atoms with Gasteiger partial charge >= 0.3 is 0 Å². The highest BCUT2D eigenvalue weighted by molar-refractivity contribution is 5.75. The molecule has 0 aliphatic heterocycles. The van der Waals surface area contributed by atoms with E-state index in [0.29, 0.717) is 13.0 Å². The molecule has 4 nitrogen and oxygen atoms in total. The summed E-state index contributed by atoms with van der Waals surface area (Å²) >= 11 is 0. The van der Waals surface area contributed by atoms with E-state index in [1.165, 1.54) is 18.4 Å². The number of hydrogen-bond acceptors (Lipinski definition) is 3. The van der Waals surface area contributed by atoms with Crippen molar-refractivity contribution in [2.75, 3.05) is 20.2 Å². The van der Waals surface area contributed by atoms with Crippen LogP contribution in [0.25, 0.3) is 0 Å². The minimum atomic E-state index is 0.0963. The lowest BCUT2D eigenvalue weighted by Gasteiger charge is -2.13. The fourth-order valence-corrected chi connectivity index (χ4v) is 2.14. The Labute approximate surface area is 127 Å². The van der Waals surface area contributed by atoms with Crippen LogP contribution in [-0.4, -0.2) is 26.1 Å². The van der Waals surface area contributed by atoms with E-state index >= 15 is 0 Å². The molecule has 1 saturated carbocycles. The predicted octanol–water partition coefficient (Wildman–Crippen LogP) is 2.40. The van der Waals surface area contributed by atoms with E-state index in [2.05, 4.69) is 29.7 Å². The lowest BCUT2D eigenvalue weighted by atomic mass is 10.1. The van der Waals surface area contributed by atoms with Crippen LogP contribution in [0.1, 0.15) is 36.8 Å². The molecule has 0 spiro atoms. The third-order valence-electron chi connectivity index (χ3n) is 3.70. The standard InChI is InChI=1S/C17H26N2O2/c1-13-5-8-15(11-19-17(20)4-3-9-18-2)16(10-13)21-12-14-6-7-14/h5,8,10,14,18H,3-4,6-7,9,11-12H2,1-2H3,(H,19,20). The Balaban J connectivity index is 1.84. The molecule has 1 aliphatic carbocycles. The number of aryl methyl sites for hydroxylation is 1. The maximum atomic E-state index is 11.8. The molecule has 1 aromatic rings. The topological polar surface area (TPSA) is 50.4 Å². The maximum absolute atomic E-state index is 11.8. The number of hydrogen-bond donors (Lipinski definition) is 2. The van der Waals surface area contributed by atoms with E-state index < -0.39 is 0 Å². The quantitative estimate of drug-likeness (QED) is 0.687. The average Bonchev–Trinajstić information content (AvgIpc) is 3.28. The first-order valence-electron chi connectivity index (χ1n) is 7.82. The zero-order chi connectivity index (χ0) is 15.1. The number of carbonyl (C=O) groups excluding carboxylic acids is 1. The van der Waals surface area contributed by atoms with Gasteiger partial charge in [0.25, 0.3) is 0 Å². The molecule has 0 atom stereocenters. The third-order valence-corrected chi connectivity index (χ3v) is 3.70. The Morgan fingerprint density at radius 2 is 2.19 bits per heavy atom. The largest absolute Gasteiger partial charge is 0.493 e. The first kappa shape index (κ1) is 15.8. The van der Waals surface area contributed by atoms with Crippen molar-refractivity contribution in [1.29, 1.82) is 0 Å². The zero-order valence-corrected chi connectivity index (χ0v) is 13.1. The van der Waals surface area contributed by atoms with Gasteiger partial charge in [-0.15, -0.1) is 0 Å². The summed E-state index contributed by atoms with van der Waals surface area (Å²) in [6.07, 6.45) is 3.99. The molecular weight excluding hydrogens is 264 g/mol. The Morgan fingerprint density at radius 3 is 2.90 bits per heavy atom. The highest BCUT2D eigenvalue weighted by Gasteiger charge is 2.22. The molecule has 4 heteroatoms. The minimum absolute atomic E-state index is 0.0963. The number of nitrogens with one attached hydrogen (secondary N) is 2. The second-order valence-electron chi connectivity index (χ2n) is 5.85. The SMILES string of the molecule is CNCCCC(=O)NCc1ccc(C)cc1OCC1CC1. The van der Waals surface area contributed by atoms with Crippen LogP contribution in [0.4, 0.5) is 0 Å². The van der Waals surface area contributed by atoms with Gasteiger partial charge in [0, 0.05) is 18.5 Å². The van der Waals surface area contributed by atoms with E-state index in [0.717, 1.165) is 36.8 Å². The molecule has 1 fully saturated rings. The van der Waals surface area contributed by atoms with Gasteiger partial charge in [0.05, 0.1) is 6.61 Å². The Hall–Kier alpha value is -1.55. The van der Waals surface area contributed by atoms with Gasteiger partial charge in [0.15, 0.2) is 0 Å². The van der Waals surface area contributed by atoms with Crippen molar-refractivity contribution in [3.05, 3.63) is 29.3 Å². The lowest BCUT2D eigenvalue weighted by Crippen LogP contribution is -2.24. The number of amides is 1. The van der Waals surface area contributed by atoms with Gasteiger partial charge in [0.1, 0.15) is 5.75 Å². The van der Waals surface area contributed by atoms with E-state index in [1.54, 1.807) is 0 Å². The number of benzene rings is 1. The van der Waals surface area contributed by atoms with Gasteiger partial charge in [-0.3, -0.25) is 4.79 Å². The molecule has 21 heavy (non-hydrogen) atoms. The number of rotatable bonds is 9. The van der Waals surface area contributed by atoms with Crippen molar-refractivity contribution in [3.8, 4) is 5.75 Å². The van der Waals surface area contributed by atoms with E-state index in [9.17, 15) is 4.79 Å². The normalized spacial score (nSPS) is 14.0. The van der Waals surface area contributed by atoms with E-state index in [-0.39, 0.29) is 5.91 Å². The third kappa shape index (κ3) is 5.76. The predicted molar refractivity (Wildman–Crippen MR) is 84.4 cm³/mol. The highest BCUT2D eigenvalue weighted by Crippen LogP contribution is 2.30. The molecule has 1 amide bonds. The Bertz CT molecular complexity index is 470. The van der Waals surface area contributed by atoms with Crippen LogP contribution >= 0.6 is 0 Å². The van der Waals surface area contributed by atoms with E-state index in [1.807, 2.05) is 13.1 Å². The molecule has 0 heterocycles. The fourth-order valence-electron chi connectivity index (χ4n) is 2.14. The molecule has 116 valence electrons. The van der Waals surface area contributed by atoms with Crippen LogP contribution in [-0.2, 0) is 11.3 Å². The van der Waals surface area contributed by atoms with Gasteiger partial charge < -0.3 is 15.4 Å². The summed E-state index contributed by atoms with van der Waals surface area (Å²) < 4.78 is 5.91. The summed E-state index contributed by atoms with van der Waals surface area (Å²) in [6, 6.07) is 6.17. The molecule has 0 aromatic heterocycles. The minimum Gasteiger partial charge on any atom is -0.493 e. The van der Waals surface area contributed by atoms with Crippen LogP contribution < -0.4 is 15.4 Å². The van der Waals surface area contributed by atoms with Crippen molar-refractivity contribution in [3.63, 3.8) is 0 Å². The Kier molecular flexibility index (Phi) is 6.05. The maximum Gasteiger partial charge on any atom is 0.220 e. The van der Waals surface area contributed by atoms with Crippen molar-refractivity contribution < 1.29 is 9.53 Å². The van der Waals surface area contributed by atoms with Gasteiger partial charge in [-0.25, -0.2) is 0 Å². The molecule has 2 rings (SSSR count). The molecule has 1 aromatic carbocycles. The second kappa shape index (κ2) is 8.03. The zero-order valence-electron chi connectivity index (χ0n) is 13.1. The van der Waals surface area contributed by atoms with Crippen LogP contribution in [0.3, 0.4) is 0 Å². The van der Waals surface area contributed by atoms with Crippen LogP contribution in [0.5, 0.6) is 5.75 Å². The van der Waals surface area contributed by atoms with Gasteiger partial charge in [-0.2, -0.15) is 0 Å². The van der Waals surface area contributed by atoms with E-state index in [4.69, 9.17) is 4.74 Å². The second-order valence-corrected chi connectivity index (χ2v) is 5.85. The summed E-state index contributed by atoms with van der Waals surface area (Å²) in [7, 11) is 1.90. The van der Waals surface area contributed by atoms with Crippen molar-refractivity contribution in [1.82, 2.24) is 10.6 Å². The first-order chi connectivity index (χ1) is 10.2. The molecule has 1 aliphatic rings. The Morgan fingerprint density at radius 1 is 1.38 bits per heavy atom. The number of carbonyl (C=O) groups is 1. The van der Waals surface area contributed by atoms with Crippen molar-refractivity contribution in [2.24, 2.45) is 5.92 Å². The van der Waals surface area contributed by atoms with Gasteiger partial charge in [0.2, 0.25) is 5.91 Å². The molecule has 0 radical (unpaired) electrons. The molecular formula is C17H26N2O2. The van der Waals surface area contributed by atoms with Gasteiger partial charge in [-0.05, 0) is 57.3 Å². The molecule has 0 saturated heterocycles. The summed E-state index contributed by atoms with van der Waals surface area (Å²) in [5.74, 6) is 1.74. The van der Waals surface area contributed by atoms with Crippen molar-refractivity contribution in [2.45, 2.75) is 39.2 Å². The summed E-state index contributed by atoms with van der Waals surface area (Å²) in [6.45, 7) is 4.27. The first-order valence-corrected chi connectivity index (χ1v) is 7.82. The summed E-state index contributed by atoms with van der Waals surface area (Å²) in [5, 5.41) is 6.02. The van der Waals surface area contributed by atoms with Crippen LogP contribution in [0.2, 0.25) is 0 Å². The van der Waals surface area contributed by atoms with Crippen LogP contribution in [0, 0.1) is 12.8 Å². The summed E-state index contributed by atoms with van der Waals surface area (Å²) in [5.41, 5.74) is 2.24. The highest BCUT2D eigenvalue weighted by atomic mass is 16.5. The fraction of sp³-hybridized carbons (Fsp3) is 0.588. The average molecular weight is 290 g/mol. The molecule has 0 bridgehead atoms. The number of ether oxygens (including phenoxy) is 1. The van der Waals surface area contributed by atoms with Crippen molar-refractivity contribution >= 4 is 5.91 Å². The molecule has 2 N–H and O–H groups in total. The van der Waals surface area contributed by atoms with Gasteiger partial charge in [-0.1, -0.05) is 12.1 Å². The van der Waals surface area contributed by atoms with Crippen LogP contribution in [0.15, 0.2) is 18.2 Å². The monoisotopic (exact) mass is 290 g/mol. The molecule has 0 unspecified atom stereocenters.